The SMILES string of the molecule is COC(=O)CC(C)NC(=O)COC1CCCC1. The molecule has 0 heterocycles. The van der Waals surface area contributed by atoms with Crippen LogP contribution in [0.4, 0.5) is 0 Å². The van der Waals surface area contributed by atoms with Gasteiger partial charge in [0.25, 0.3) is 0 Å². The molecule has 1 unspecified atom stereocenters. The molecule has 98 valence electrons. The summed E-state index contributed by atoms with van der Waals surface area (Å²) >= 11 is 0. The van der Waals surface area contributed by atoms with Gasteiger partial charge in [0.2, 0.25) is 5.91 Å². The van der Waals surface area contributed by atoms with Gasteiger partial charge in [0.1, 0.15) is 6.61 Å². The Hall–Kier alpha value is -1.10. The number of ether oxygens (including phenoxy) is 2. The van der Waals surface area contributed by atoms with Gasteiger partial charge in [-0.25, -0.2) is 0 Å². The lowest BCUT2D eigenvalue weighted by atomic mass is 10.2. The molecular formula is C12H21NO4. The predicted octanol–water partition coefficient (Wildman–Crippen LogP) is 1.01. The van der Waals surface area contributed by atoms with Gasteiger partial charge >= 0.3 is 5.97 Å². The Balaban J connectivity index is 2.12. The lowest BCUT2D eigenvalue weighted by Crippen LogP contribution is -2.37. The second-order valence-electron chi connectivity index (χ2n) is 4.47. The van der Waals surface area contributed by atoms with Crippen LogP contribution in [-0.4, -0.2) is 37.7 Å². The molecule has 0 saturated heterocycles. The van der Waals surface area contributed by atoms with E-state index in [4.69, 9.17) is 4.74 Å². The highest BCUT2D eigenvalue weighted by molar-refractivity contribution is 5.78. The van der Waals surface area contributed by atoms with Crippen LogP contribution in [0.1, 0.15) is 39.0 Å². The summed E-state index contributed by atoms with van der Waals surface area (Å²) in [6.07, 6.45) is 4.88. The number of hydrogen-bond donors (Lipinski definition) is 1. The number of carbonyl (C=O) groups is 2. The van der Waals surface area contributed by atoms with Crippen LogP contribution in [0.3, 0.4) is 0 Å². The molecule has 17 heavy (non-hydrogen) atoms. The molecule has 0 aliphatic heterocycles. The van der Waals surface area contributed by atoms with Gasteiger partial charge in [0, 0.05) is 6.04 Å². The van der Waals surface area contributed by atoms with Gasteiger partial charge in [-0.05, 0) is 19.8 Å². The molecule has 1 aliphatic carbocycles. The van der Waals surface area contributed by atoms with Crippen LogP contribution in [-0.2, 0) is 19.1 Å². The number of methoxy groups -OCH3 is 1. The van der Waals surface area contributed by atoms with Crippen molar-refractivity contribution in [2.24, 2.45) is 0 Å². The van der Waals surface area contributed by atoms with Gasteiger partial charge in [-0.1, -0.05) is 12.8 Å². The van der Waals surface area contributed by atoms with Crippen LogP contribution in [0, 0.1) is 0 Å². The third kappa shape index (κ3) is 5.68. The maximum Gasteiger partial charge on any atom is 0.307 e. The summed E-state index contributed by atoms with van der Waals surface area (Å²) in [7, 11) is 1.33. The van der Waals surface area contributed by atoms with Crippen molar-refractivity contribution >= 4 is 11.9 Å². The minimum absolute atomic E-state index is 0.0795. The zero-order valence-electron chi connectivity index (χ0n) is 10.5. The maximum absolute atomic E-state index is 11.5. The molecule has 1 amide bonds. The molecule has 0 aromatic rings. The van der Waals surface area contributed by atoms with Crippen LogP contribution in [0.15, 0.2) is 0 Å². The molecule has 5 heteroatoms. The van der Waals surface area contributed by atoms with Crippen molar-refractivity contribution in [3.63, 3.8) is 0 Å². The van der Waals surface area contributed by atoms with E-state index in [0.29, 0.717) is 0 Å². The molecular weight excluding hydrogens is 222 g/mol. The van der Waals surface area contributed by atoms with E-state index in [-0.39, 0.29) is 37.0 Å². The second kappa shape index (κ2) is 7.27. The molecule has 1 saturated carbocycles. The highest BCUT2D eigenvalue weighted by Gasteiger charge is 2.17. The second-order valence-corrected chi connectivity index (χ2v) is 4.47. The van der Waals surface area contributed by atoms with Crippen molar-refractivity contribution in [3.05, 3.63) is 0 Å². The molecule has 1 N–H and O–H groups in total. The highest BCUT2D eigenvalue weighted by atomic mass is 16.5. The van der Waals surface area contributed by atoms with Crippen LogP contribution in [0.5, 0.6) is 0 Å². The summed E-state index contributed by atoms with van der Waals surface area (Å²) in [5.74, 6) is -0.497. The summed E-state index contributed by atoms with van der Waals surface area (Å²) in [6, 6.07) is -0.220. The van der Waals surface area contributed by atoms with Gasteiger partial charge in [-0.2, -0.15) is 0 Å². The summed E-state index contributed by atoms with van der Waals surface area (Å²) in [5, 5.41) is 2.70. The van der Waals surface area contributed by atoms with E-state index in [0.717, 1.165) is 12.8 Å². The highest BCUT2D eigenvalue weighted by Crippen LogP contribution is 2.20. The average molecular weight is 243 g/mol. The summed E-state index contributed by atoms with van der Waals surface area (Å²) in [6.45, 7) is 1.85. The minimum atomic E-state index is -0.325. The monoisotopic (exact) mass is 243 g/mol. The zero-order chi connectivity index (χ0) is 12.7. The Morgan fingerprint density at radius 1 is 1.35 bits per heavy atom. The molecule has 0 aromatic carbocycles. The fraction of sp³-hybridized carbons (Fsp3) is 0.833. The van der Waals surface area contributed by atoms with Crippen molar-refractivity contribution < 1.29 is 19.1 Å². The van der Waals surface area contributed by atoms with Crippen molar-refractivity contribution in [1.82, 2.24) is 5.32 Å². The lowest BCUT2D eigenvalue weighted by molar-refractivity contribution is -0.141. The Bertz CT molecular complexity index is 261. The van der Waals surface area contributed by atoms with E-state index >= 15 is 0 Å². The molecule has 0 spiro atoms. The molecule has 1 atom stereocenters. The molecule has 0 radical (unpaired) electrons. The zero-order valence-corrected chi connectivity index (χ0v) is 10.5. The number of hydrogen-bond acceptors (Lipinski definition) is 4. The van der Waals surface area contributed by atoms with Crippen molar-refractivity contribution in [1.29, 1.82) is 0 Å². The third-order valence-corrected chi connectivity index (χ3v) is 2.86. The third-order valence-electron chi connectivity index (χ3n) is 2.86. The number of rotatable bonds is 6. The smallest absolute Gasteiger partial charge is 0.307 e. The van der Waals surface area contributed by atoms with Crippen LogP contribution in [0.2, 0.25) is 0 Å². The lowest BCUT2D eigenvalue weighted by Gasteiger charge is -2.14. The maximum atomic E-state index is 11.5. The first-order valence-electron chi connectivity index (χ1n) is 6.09. The van der Waals surface area contributed by atoms with E-state index in [1.807, 2.05) is 0 Å². The Morgan fingerprint density at radius 2 is 2.00 bits per heavy atom. The van der Waals surface area contributed by atoms with E-state index in [1.54, 1.807) is 6.92 Å². The van der Waals surface area contributed by atoms with E-state index < -0.39 is 0 Å². The molecule has 5 nitrogen and oxygen atoms in total. The van der Waals surface area contributed by atoms with Crippen molar-refractivity contribution in [3.8, 4) is 0 Å². The van der Waals surface area contributed by atoms with E-state index in [1.165, 1.54) is 20.0 Å². The quantitative estimate of drug-likeness (QED) is 0.707. The molecule has 0 aromatic heterocycles. The summed E-state index contributed by atoms with van der Waals surface area (Å²) < 4.78 is 9.99. The summed E-state index contributed by atoms with van der Waals surface area (Å²) in [5.41, 5.74) is 0. The van der Waals surface area contributed by atoms with E-state index in [2.05, 4.69) is 10.1 Å². The normalized spacial score (nSPS) is 17.8. The fourth-order valence-corrected chi connectivity index (χ4v) is 1.95. The van der Waals surface area contributed by atoms with E-state index in [9.17, 15) is 9.59 Å². The van der Waals surface area contributed by atoms with Gasteiger partial charge < -0.3 is 14.8 Å². The molecule has 1 rings (SSSR count). The number of esters is 1. The first-order chi connectivity index (χ1) is 8.11. The first kappa shape index (κ1) is 14.0. The van der Waals surface area contributed by atoms with Gasteiger partial charge in [-0.15, -0.1) is 0 Å². The van der Waals surface area contributed by atoms with Crippen molar-refractivity contribution in [2.75, 3.05) is 13.7 Å². The Morgan fingerprint density at radius 3 is 2.59 bits per heavy atom. The Labute approximate surface area is 102 Å². The van der Waals surface area contributed by atoms with Gasteiger partial charge in [0.15, 0.2) is 0 Å². The van der Waals surface area contributed by atoms with Crippen LogP contribution in [0.25, 0.3) is 0 Å². The number of amides is 1. The number of nitrogens with one attached hydrogen (secondary N) is 1. The summed E-state index contributed by atoms with van der Waals surface area (Å²) in [4.78, 5) is 22.5. The fourth-order valence-electron chi connectivity index (χ4n) is 1.95. The standard InChI is InChI=1S/C12H21NO4/c1-9(7-12(15)16-2)13-11(14)8-17-10-5-3-4-6-10/h9-10H,3-8H2,1-2H3,(H,13,14). The topological polar surface area (TPSA) is 64.6 Å². The first-order valence-corrected chi connectivity index (χ1v) is 6.09. The minimum Gasteiger partial charge on any atom is -0.469 e. The molecule has 1 aliphatic rings. The molecule has 0 bridgehead atoms. The van der Waals surface area contributed by atoms with Gasteiger partial charge in [0.05, 0.1) is 19.6 Å². The van der Waals surface area contributed by atoms with Gasteiger partial charge in [-0.3, -0.25) is 9.59 Å². The van der Waals surface area contributed by atoms with Crippen LogP contribution >= 0.6 is 0 Å². The molecule has 1 fully saturated rings. The van der Waals surface area contributed by atoms with Crippen molar-refractivity contribution in [2.45, 2.75) is 51.2 Å². The Kier molecular flexibility index (Phi) is 5.97. The number of carbonyl (C=O) groups excluding carboxylic acids is 2. The predicted molar refractivity (Wildman–Crippen MR) is 62.4 cm³/mol. The van der Waals surface area contributed by atoms with Crippen LogP contribution < -0.4 is 5.32 Å². The largest absolute Gasteiger partial charge is 0.469 e. The average Bonchev–Trinajstić information content (AvgIpc) is 2.78.